The molecule has 42 heavy (non-hydrogen) atoms. The van der Waals surface area contributed by atoms with E-state index in [1.54, 1.807) is 24.4 Å². The van der Waals surface area contributed by atoms with Crippen LogP contribution in [0, 0.1) is 11.2 Å². The highest BCUT2D eigenvalue weighted by Crippen LogP contribution is 2.55. The highest BCUT2D eigenvalue weighted by Gasteiger charge is 2.55. The van der Waals surface area contributed by atoms with Crippen molar-refractivity contribution in [2.45, 2.75) is 75.6 Å². The van der Waals surface area contributed by atoms with Gasteiger partial charge in [0.05, 0.1) is 17.0 Å². The summed E-state index contributed by atoms with van der Waals surface area (Å²) in [6.45, 7) is 1.39. The fourth-order valence-electron chi connectivity index (χ4n) is 7.34. The quantitative estimate of drug-likeness (QED) is 0.293. The zero-order chi connectivity index (χ0) is 29.7. The number of nitrogens with one attached hydrogen (secondary N) is 1. The van der Waals surface area contributed by atoms with Crippen molar-refractivity contribution in [3.8, 4) is 0 Å². The second kappa shape index (κ2) is 10.7. The fourth-order valence-corrected chi connectivity index (χ4v) is 7.34. The summed E-state index contributed by atoms with van der Waals surface area (Å²) in [5, 5.41) is 15.0. The van der Waals surface area contributed by atoms with Crippen molar-refractivity contribution >= 4 is 22.7 Å². The average Bonchev–Trinajstić information content (AvgIpc) is 2.96. The van der Waals surface area contributed by atoms with Gasteiger partial charge in [-0.05, 0) is 61.1 Å². The molecule has 0 bridgehead atoms. The predicted octanol–water partition coefficient (Wildman–Crippen LogP) is 5.96. The van der Waals surface area contributed by atoms with E-state index in [2.05, 4.69) is 15.2 Å². The third-order valence-corrected chi connectivity index (χ3v) is 9.60. The number of aromatic nitrogens is 1. The number of halogens is 4. The second-order valence-electron chi connectivity index (χ2n) is 12.1. The van der Waals surface area contributed by atoms with Crippen LogP contribution >= 0.6 is 0 Å². The molecule has 3 fully saturated rings. The standard InChI is InChI=1S/C32H33F4N3O3/c33-28-24-16-21(23-8-11-27(40)38-29(23)41)17-37-26(24)10-9-25(28)31(42)14-15-39(19-30(31)12-2-1-3-13-30)18-20-4-6-22(7-5-20)32(34,35)36/h4-7,9-10,16-17,23,42H,1-3,8,11-15,18-19H2,(H,38,40,41). The first-order chi connectivity index (χ1) is 20.0. The van der Waals surface area contributed by atoms with Gasteiger partial charge in [-0.1, -0.05) is 37.5 Å². The molecule has 1 saturated carbocycles. The number of pyridine rings is 1. The molecule has 2 aromatic carbocycles. The number of piperidine rings is 2. The Morgan fingerprint density at radius 2 is 1.76 bits per heavy atom. The molecule has 2 N–H and O–H groups in total. The van der Waals surface area contributed by atoms with Gasteiger partial charge in [0.1, 0.15) is 11.4 Å². The minimum Gasteiger partial charge on any atom is -0.384 e. The molecule has 2 aliphatic heterocycles. The van der Waals surface area contributed by atoms with Crippen LogP contribution in [-0.4, -0.2) is 39.9 Å². The smallest absolute Gasteiger partial charge is 0.384 e. The number of aliphatic hydroxyl groups is 1. The number of carbonyl (C=O) groups excluding carboxylic acids is 2. The molecular weight excluding hydrogens is 550 g/mol. The number of fused-ring (bicyclic) bond motifs is 1. The maximum absolute atomic E-state index is 16.5. The van der Waals surface area contributed by atoms with Gasteiger partial charge in [-0.25, -0.2) is 4.39 Å². The van der Waals surface area contributed by atoms with E-state index in [-0.39, 0.29) is 29.7 Å². The zero-order valence-corrected chi connectivity index (χ0v) is 23.1. The number of likely N-dealkylation sites (tertiary alicyclic amines) is 1. The Balaban J connectivity index is 1.31. The van der Waals surface area contributed by atoms with Crippen molar-refractivity contribution in [1.82, 2.24) is 15.2 Å². The van der Waals surface area contributed by atoms with Crippen molar-refractivity contribution in [2.75, 3.05) is 13.1 Å². The molecule has 2 atom stereocenters. The molecule has 1 aliphatic carbocycles. The van der Waals surface area contributed by atoms with E-state index in [1.165, 1.54) is 12.1 Å². The van der Waals surface area contributed by atoms with Gasteiger partial charge in [0, 0.05) is 48.6 Å². The number of nitrogens with zero attached hydrogens (tertiary/aromatic N) is 2. The van der Waals surface area contributed by atoms with Gasteiger partial charge in [0.15, 0.2) is 0 Å². The topological polar surface area (TPSA) is 82.5 Å². The van der Waals surface area contributed by atoms with Crippen LogP contribution < -0.4 is 5.32 Å². The van der Waals surface area contributed by atoms with Gasteiger partial charge < -0.3 is 5.11 Å². The monoisotopic (exact) mass is 583 g/mol. The van der Waals surface area contributed by atoms with E-state index in [0.29, 0.717) is 50.0 Å². The molecule has 6 nitrogen and oxygen atoms in total. The lowest BCUT2D eigenvalue weighted by atomic mass is 9.57. The van der Waals surface area contributed by atoms with E-state index >= 15 is 4.39 Å². The number of rotatable bonds is 4. The number of hydrogen-bond donors (Lipinski definition) is 2. The molecule has 10 heteroatoms. The minimum atomic E-state index is -4.39. The third-order valence-electron chi connectivity index (χ3n) is 9.60. The van der Waals surface area contributed by atoms with Crippen molar-refractivity contribution in [3.63, 3.8) is 0 Å². The number of carbonyl (C=O) groups is 2. The molecule has 3 aromatic rings. The Morgan fingerprint density at radius 3 is 2.45 bits per heavy atom. The first-order valence-electron chi connectivity index (χ1n) is 14.5. The summed E-state index contributed by atoms with van der Waals surface area (Å²) in [5.41, 5.74) is -0.866. The minimum absolute atomic E-state index is 0.197. The lowest BCUT2D eigenvalue weighted by molar-refractivity contribution is -0.161. The van der Waals surface area contributed by atoms with Gasteiger partial charge in [-0.15, -0.1) is 0 Å². The zero-order valence-electron chi connectivity index (χ0n) is 23.1. The third kappa shape index (κ3) is 5.08. The second-order valence-corrected chi connectivity index (χ2v) is 12.1. The SMILES string of the molecule is O=C1CCC(c2cnc3ccc(C4(O)CCN(Cc5ccc(C(F)(F)F)cc5)CC45CCCCC5)c(F)c3c2)C(=O)N1. The maximum atomic E-state index is 16.5. The Labute approximate surface area is 241 Å². The first kappa shape index (κ1) is 28.7. The molecule has 1 spiro atoms. The van der Waals surface area contributed by atoms with Crippen LogP contribution in [0.2, 0.25) is 0 Å². The van der Waals surface area contributed by atoms with Crippen molar-refractivity contribution < 1.29 is 32.3 Å². The first-order valence-corrected chi connectivity index (χ1v) is 14.5. The summed E-state index contributed by atoms with van der Waals surface area (Å²) >= 11 is 0. The summed E-state index contributed by atoms with van der Waals surface area (Å²) < 4.78 is 55.6. The fraction of sp³-hybridized carbons (Fsp3) is 0.469. The lowest BCUT2D eigenvalue weighted by Gasteiger charge is -2.56. The van der Waals surface area contributed by atoms with Gasteiger partial charge in [0.25, 0.3) is 0 Å². The van der Waals surface area contributed by atoms with Crippen molar-refractivity contribution in [1.29, 1.82) is 0 Å². The molecule has 3 heterocycles. The van der Waals surface area contributed by atoms with Crippen molar-refractivity contribution in [3.05, 3.63) is 76.7 Å². The van der Waals surface area contributed by atoms with Crippen LogP contribution in [0.3, 0.4) is 0 Å². The molecule has 222 valence electrons. The van der Waals surface area contributed by atoms with Crippen LogP contribution in [0.15, 0.2) is 48.7 Å². The Hall–Kier alpha value is -3.37. The molecule has 2 amide bonds. The molecule has 1 aromatic heterocycles. The number of alkyl halides is 3. The molecule has 0 radical (unpaired) electrons. The van der Waals surface area contributed by atoms with Crippen LogP contribution in [0.4, 0.5) is 17.6 Å². The Bertz CT molecular complexity index is 1520. The van der Waals surface area contributed by atoms with E-state index < -0.39 is 40.4 Å². The van der Waals surface area contributed by atoms with E-state index in [1.807, 2.05) is 0 Å². The Morgan fingerprint density at radius 1 is 1.02 bits per heavy atom. The number of imide groups is 1. The van der Waals surface area contributed by atoms with Crippen LogP contribution in [0.5, 0.6) is 0 Å². The van der Waals surface area contributed by atoms with E-state index in [0.717, 1.165) is 37.0 Å². The summed E-state index contributed by atoms with van der Waals surface area (Å²) in [5.74, 6) is -1.92. The number of hydrogen-bond acceptors (Lipinski definition) is 5. The molecular formula is C32H33F4N3O3. The van der Waals surface area contributed by atoms with Gasteiger partial charge >= 0.3 is 6.18 Å². The highest BCUT2D eigenvalue weighted by molar-refractivity contribution is 6.01. The highest BCUT2D eigenvalue weighted by atomic mass is 19.4. The molecule has 2 unspecified atom stereocenters. The number of amides is 2. The summed E-state index contributed by atoms with van der Waals surface area (Å²) in [6, 6.07) is 10.1. The number of benzene rings is 2. The van der Waals surface area contributed by atoms with Crippen LogP contribution in [0.1, 0.15) is 79.5 Å². The molecule has 6 rings (SSSR count). The van der Waals surface area contributed by atoms with Crippen LogP contribution in [0.25, 0.3) is 10.9 Å². The van der Waals surface area contributed by atoms with Gasteiger partial charge in [-0.3, -0.25) is 24.8 Å². The average molecular weight is 584 g/mol. The predicted molar refractivity (Wildman–Crippen MR) is 148 cm³/mol. The van der Waals surface area contributed by atoms with Gasteiger partial charge in [-0.2, -0.15) is 13.2 Å². The van der Waals surface area contributed by atoms with Crippen LogP contribution in [-0.2, 0) is 27.9 Å². The molecule has 3 aliphatic rings. The summed E-state index contributed by atoms with van der Waals surface area (Å²) in [7, 11) is 0. The largest absolute Gasteiger partial charge is 0.416 e. The summed E-state index contributed by atoms with van der Waals surface area (Å²) in [4.78, 5) is 30.6. The van der Waals surface area contributed by atoms with E-state index in [9.17, 15) is 27.9 Å². The molecule has 2 saturated heterocycles. The van der Waals surface area contributed by atoms with Gasteiger partial charge in [0.2, 0.25) is 11.8 Å². The van der Waals surface area contributed by atoms with E-state index in [4.69, 9.17) is 0 Å². The lowest BCUT2D eigenvalue weighted by Crippen LogP contribution is -2.58. The normalized spacial score (nSPS) is 25.1. The van der Waals surface area contributed by atoms with Crippen molar-refractivity contribution in [2.24, 2.45) is 5.41 Å². The summed E-state index contributed by atoms with van der Waals surface area (Å²) in [6.07, 6.45) is 2.17. The Kier molecular flexibility index (Phi) is 7.33. The maximum Gasteiger partial charge on any atom is 0.416 e.